The number of benzene rings is 1. The highest BCUT2D eigenvalue weighted by molar-refractivity contribution is 5.75. The number of nitrogens with two attached hydrogens (primary N) is 1. The number of primary amides is 1. The molecule has 0 fully saturated rings. The second kappa shape index (κ2) is 7.80. The molecule has 2 N–H and O–H groups in total. The smallest absolute Gasteiger partial charge is 0.273 e. The van der Waals surface area contributed by atoms with Crippen LogP contribution in [0.15, 0.2) is 61.2 Å². The number of nitrogens with zero attached hydrogens (tertiary/aromatic N) is 3. The van der Waals surface area contributed by atoms with Crippen LogP contribution in [0.2, 0.25) is 0 Å². The Morgan fingerprint density at radius 2 is 2.21 bits per heavy atom. The van der Waals surface area contributed by atoms with Gasteiger partial charge in [0.2, 0.25) is 5.91 Å². The fourth-order valence-corrected chi connectivity index (χ4v) is 4.00. The first-order valence-corrected chi connectivity index (χ1v) is 9.27. The SMILES string of the molecule is CCC(c1ccc(C2(C)C=CC=CC2CC(N)=O)c([N+](=O)[O-])c1)n1ccnc1. The minimum Gasteiger partial charge on any atom is -0.370 e. The van der Waals surface area contributed by atoms with Gasteiger partial charge in [-0.05, 0) is 17.9 Å². The summed E-state index contributed by atoms with van der Waals surface area (Å²) >= 11 is 0. The van der Waals surface area contributed by atoms with Crippen molar-refractivity contribution >= 4 is 11.6 Å². The number of carbonyl (C=O) groups is 1. The van der Waals surface area contributed by atoms with Gasteiger partial charge in [-0.3, -0.25) is 14.9 Å². The van der Waals surface area contributed by atoms with Gasteiger partial charge < -0.3 is 10.3 Å². The van der Waals surface area contributed by atoms with Crippen LogP contribution in [0.1, 0.15) is 43.9 Å². The fourth-order valence-electron chi connectivity index (χ4n) is 4.00. The molecule has 1 amide bonds. The van der Waals surface area contributed by atoms with Gasteiger partial charge in [-0.15, -0.1) is 0 Å². The Bertz CT molecular complexity index is 933. The monoisotopic (exact) mass is 380 g/mol. The lowest BCUT2D eigenvalue weighted by atomic mass is 9.67. The molecule has 0 bridgehead atoms. The van der Waals surface area contributed by atoms with E-state index in [1.54, 1.807) is 18.6 Å². The molecule has 0 radical (unpaired) electrons. The fraction of sp³-hybridized carbons (Fsp3) is 0.333. The molecule has 7 nitrogen and oxygen atoms in total. The largest absolute Gasteiger partial charge is 0.370 e. The van der Waals surface area contributed by atoms with Crippen molar-refractivity contribution in [3.63, 3.8) is 0 Å². The highest BCUT2D eigenvalue weighted by Crippen LogP contribution is 2.43. The van der Waals surface area contributed by atoms with E-state index in [9.17, 15) is 14.9 Å². The lowest BCUT2D eigenvalue weighted by Crippen LogP contribution is -2.34. The maximum absolute atomic E-state index is 11.9. The van der Waals surface area contributed by atoms with Gasteiger partial charge in [0.25, 0.3) is 5.69 Å². The molecular formula is C21H24N4O3. The topological polar surface area (TPSA) is 104 Å². The number of hydrogen-bond donors (Lipinski definition) is 1. The van der Waals surface area contributed by atoms with Gasteiger partial charge >= 0.3 is 0 Å². The maximum atomic E-state index is 11.9. The van der Waals surface area contributed by atoms with Crippen molar-refractivity contribution in [2.75, 3.05) is 0 Å². The summed E-state index contributed by atoms with van der Waals surface area (Å²) < 4.78 is 1.94. The first-order chi connectivity index (χ1) is 13.4. The third kappa shape index (κ3) is 3.60. The number of nitro groups is 1. The summed E-state index contributed by atoms with van der Waals surface area (Å²) in [4.78, 5) is 27.2. The van der Waals surface area contributed by atoms with E-state index < -0.39 is 11.3 Å². The van der Waals surface area contributed by atoms with Crippen LogP contribution in [-0.4, -0.2) is 20.4 Å². The van der Waals surface area contributed by atoms with Gasteiger partial charge in [-0.1, -0.05) is 50.3 Å². The minimum absolute atomic E-state index is 0.0359. The Hall–Kier alpha value is -3.22. The molecule has 1 aliphatic rings. The number of nitro benzene ring substituents is 1. The number of amides is 1. The number of allylic oxidation sites excluding steroid dienone is 4. The predicted octanol–water partition coefficient (Wildman–Crippen LogP) is 3.67. The molecular weight excluding hydrogens is 356 g/mol. The van der Waals surface area contributed by atoms with Crippen LogP contribution in [-0.2, 0) is 10.2 Å². The molecule has 0 saturated heterocycles. The number of aromatic nitrogens is 2. The molecule has 0 spiro atoms. The highest BCUT2D eigenvalue weighted by atomic mass is 16.6. The quantitative estimate of drug-likeness (QED) is 0.584. The predicted molar refractivity (Wildman–Crippen MR) is 107 cm³/mol. The van der Waals surface area contributed by atoms with Gasteiger partial charge in [-0.2, -0.15) is 0 Å². The zero-order valence-corrected chi connectivity index (χ0v) is 16.0. The standard InChI is InChI=1S/C21H24N4O3/c1-3-18(24-11-10-23-14-24)15-7-8-17(19(12-15)25(27)28)21(2)9-5-4-6-16(21)13-20(22)26/h4-12,14,16,18H,3,13H2,1-2H3,(H2,22,26). The van der Waals surface area contributed by atoms with E-state index in [2.05, 4.69) is 4.98 Å². The molecule has 146 valence electrons. The molecule has 0 aliphatic heterocycles. The van der Waals surface area contributed by atoms with Crippen molar-refractivity contribution in [2.45, 2.75) is 38.1 Å². The Labute approximate surface area is 163 Å². The molecule has 1 aromatic carbocycles. The summed E-state index contributed by atoms with van der Waals surface area (Å²) in [5, 5.41) is 11.9. The molecule has 1 heterocycles. The molecule has 7 heteroatoms. The van der Waals surface area contributed by atoms with Gasteiger partial charge in [0.1, 0.15) is 0 Å². The van der Waals surface area contributed by atoms with E-state index in [-0.39, 0.29) is 29.0 Å². The van der Waals surface area contributed by atoms with Gasteiger partial charge in [0.05, 0.1) is 17.3 Å². The summed E-state index contributed by atoms with van der Waals surface area (Å²) in [5.41, 5.74) is 6.20. The van der Waals surface area contributed by atoms with Crippen LogP contribution >= 0.6 is 0 Å². The van der Waals surface area contributed by atoms with E-state index >= 15 is 0 Å². The zero-order valence-electron chi connectivity index (χ0n) is 16.0. The minimum atomic E-state index is -0.693. The summed E-state index contributed by atoms with van der Waals surface area (Å²) in [6.07, 6.45) is 13.7. The van der Waals surface area contributed by atoms with Crippen LogP contribution in [0.4, 0.5) is 5.69 Å². The number of rotatable bonds is 7. The van der Waals surface area contributed by atoms with Crippen LogP contribution in [0.5, 0.6) is 0 Å². The van der Waals surface area contributed by atoms with Crippen molar-refractivity contribution in [3.8, 4) is 0 Å². The normalized spacial score (nSPS) is 22.1. The van der Waals surface area contributed by atoms with E-state index in [1.165, 1.54) is 0 Å². The molecule has 1 aromatic heterocycles. The van der Waals surface area contributed by atoms with E-state index in [0.717, 1.165) is 12.0 Å². The Morgan fingerprint density at radius 3 is 2.82 bits per heavy atom. The average Bonchev–Trinajstić information content (AvgIpc) is 3.18. The van der Waals surface area contributed by atoms with E-state index in [1.807, 2.05) is 61.0 Å². The van der Waals surface area contributed by atoms with Crippen LogP contribution < -0.4 is 5.73 Å². The van der Waals surface area contributed by atoms with Crippen LogP contribution in [0.3, 0.4) is 0 Å². The molecule has 0 saturated carbocycles. The lowest BCUT2D eigenvalue weighted by Gasteiger charge is -2.35. The maximum Gasteiger partial charge on any atom is 0.273 e. The lowest BCUT2D eigenvalue weighted by molar-refractivity contribution is -0.386. The van der Waals surface area contributed by atoms with Crippen molar-refractivity contribution in [1.82, 2.24) is 9.55 Å². The van der Waals surface area contributed by atoms with Gasteiger partial charge in [-0.25, -0.2) is 4.98 Å². The first kappa shape index (κ1) is 19.5. The summed E-state index contributed by atoms with van der Waals surface area (Å²) in [7, 11) is 0. The van der Waals surface area contributed by atoms with Crippen molar-refractivity contribution in [2.24, 2.45) is 11.7 Å². The van der Waals surface area contributed by atoms with Crippen LogP contribution in [0.25, 0.3) is 0 Å². The summed E-state index contributed by atoms with van der Waals surface area (Å²) in [5.74, 6) is -0.670. The third-order valence-corrected chi connectivity index (χ3v) is 5.54. The molecule has 3 rings (SSSR count). The van der Waals surface area contributed by atoms with E-state index in [4.69, 9.17) is 5.73 Å². The first-order valence-electron chi connectivity index (χ1n) is 9.27. The zero-order chi connectivity index (χ0) is 20.3. The highest BCUT2D eigenvalue weighted by Gasteiger charge is 2.39. The van der Waals surface area contributed by atoms with Crippen molar-refractivity contribution in [3.05, 3.63) is 82.5 Å². The molecule has 3 atom stereocenters. The Morgan fingerprint density at radius 1 is 1.43 bits per heavy atom. The molecule has 3 unspecified atom stereocenters. The molecule has 28 heavy (non-hydrogen) atoms. The van der Waals surface area contributed by atoms with Gasteiger partial charge in [0.15, 0.2) is 0 Å². The molecule has 2 aromatic rings. The Balaban J connectivity index is 2.09. The third-order valence-electron chi connectivity index (χ3n) is 5.54. The van der Waals surface area contributed by atoms with E-state index in [0.29, 0.717) is 5.56 Å². The number of hydrogen-bond acceptors (Lipinski definition) is 4. The molecule has 1 aliphatic carbocycles. The second-order valence-corrected chi connectivity index (χ2v) is 7.27. The number of carbonyl (C=O) groups excluding carboxylic acids is 1. The van der Waals surface area contributed by atoms with Gasteiger partial charge in [0, 0.05) is 35.9 Å². The summed E-state index contributed by atoms with van der Waals surface area (Å²) in [6, 6.07) is 5.34. The second-order valence-electron chi connectivity index (χ2n) is 7.27. The van der Waals surface area contributed by atoms with Crippen molar-refractivity contribution < 1.29 is 9.72 Å². The van der Waals surface area contributed by atoms with Crippen molar-refractivity contribution in [1.29, 1.82) is 0 Å². The number of imidazole rings is 1. The average molecular weight is 380 g/mol. The summed E-state index contributed by atoms with van der Waals surface area (Å²) in [6.45, 7) is 3.94. The Kier molecular flexibility index (Phi) is 5.44. The van der Waals surface area contributed by atoms with Crippen LogP contribution in [0, 0.1) is 16.0 Å².